The molecule has 16 heavy (non-hydrogen) atoms. The van der Waals surface area contributed by atoms with Crippen molar-refractivity contribution in [1.82, 2.24) is 0 Å². The summed E-state index contributed by atoms with van der Waals surface area (Å²) in [5.74, 6) is -0.499. The molecular formula is C11H8ClN2O2. The SMILES string of the molecule is COC([O])=C1C=C(c2cccc(Cl)c2)N=N1. The fourth-order valence-corrected chi connectivity index (χ4v) is 1.48. The zero-order valence-electron chi connectivity index (χ0n) is 8.48. The largest absolute Gasteiger partial charge is 0.464 e. The van der Waals surface area contributed by atoms with Crippen molar-refractivity contribution in [3.63, 3.8) is 0 Å². The Balaban J connectivity index is 2.36. The van der Waals surface area contributed by atoms with Crippen LogP contribution in [0.3, 0.4) is 0 Å². The van der Waals surface area contributed by atoms with Crippen LogP contribution >= 0.6 is 11.6 Å². The number of hydrogen-bond acceptors (Lipinski definition) is 3. The molecule has 0 N–H and O–H groups in total. The molecule has 0 spiro atoms. The number of rotatable bonds is 2. The fraction of sp³-hybridized carbons (Fsp3) is 0.0909. The second-order valence-electron chi connectivity index (χ2n) is 3.12. The highest BCUT2D eigenvalue weighted by atomic mass is 35.5. The molecule has 0 aliphatic carbocycles. The van der Waals surface area contributed by atoms with E-state index in [1.165, 1.54) is 7.11 Å². The van der Waals surface area contributed by atoms with Gasteiger partial charge < -0.3 is 4.74 Å². The molecule has 2 rings (SSSR count). The van der Waals surface area contributed by atoms with Crippen molar-refractivity contribution in [3.8, 4) is 0 Å². The van der Waals surface area contributed by atoms with Gasteiger partial charge in [0.25, 0.3) is 0 Å². The second-order valence-corrected chi connectivity index (χ2v) is 3.55. The zero-order chi connectivity index (χ0) is 11.5. The lowest BCUT2D eigenvalue weighted by Crippen LogP contribution is -1.85. The molecule has 5 heteroatoms. The van der Waals surface area contributed by atoms with Crippen LogP contribution < -0.4 is 0 Å². The summed E-state index contributed by atoms with van der Waals surface area (Å²) in [6, 6.07) is 7.18. The summed E-state index contributed by atoms with van der Waals surface area (Å²) in [6.45, 7) is 0. The van der Waals surface area contributed by atoms with E-state index in [-0.39, 0.29) is 5.70 Å². The minimum absolute atomic E-state index is 0.192. The highest BCUT2D eigenvalue weighted by Crippen LogP contribution is 2.28. The van der Waals surface area contributed by atoms with Gasteiger partial charge in [-0.25, -0.2) is 5.11 Å². The van der Waals surface area contributed by atoms with Gasteiger partial charge in [0, 0.05) is 16.7 Å². The van der Waals surface area contributed by atoms with Crippen molar-refractivity contribution in [2.24, 2.45) is 10.2 Å². The van der Waals surface area contributed by atoms with Crippen molar-refractivity contribution in [3.05, 3.63) is 52.6 Å². The lowest BCUT2D eigenvalue weighted by atomic mass is 10.1. The van der Waals surface area contributed by atoms with Crippen LogP contribution in [-0.2, 0) is 9.84 Å². The summed E-state index contributed by atoms with van der Waals surface area (Å²) in [6.07, 6.45) is 1.57. The Morgan fingerprint density at radius 1 is 1.38 bits per heavy atom. The molecule has 1 radical (unpaired) electrons. The van der Waals surface area contributed by atoms with Crippen molar-refractivity contribution in [1.29, 1.82) is 0 Å². The predicted octanol–water partition coefficient (Wildman–Crippen LogP) is 3.39. The fourth-order valence-electron chi connectivity index (χ4n) is 1.29. The molecule has 1 aromatic carbocycles. The van der Waals surface area contributed by atoms with Gasteiger partial charge in [-0.05, 0) is 12.1 Å². The number of halogens is 1. The summed E-state index contributed by atoms with van der Waals surface area (Å²) in [5.41, 5.74) is 1.61. The van der Waals surface area contributed by atoms with Gasteiger partial charge in [-0.3, -0.25) is 0 Å². The number of allylic oxidation sites excluding steroid dienone is 1. The second kappa shape index (κ2) is 4.37. The summed E-state index contributed by atoms with van der Waals surface area (Å²) in [7, 11) is 1.30. The molecule has 0 unspecified atom stereocenters. The van der Waals surface area contributed by atoms with Gasteiger partial charge in [0.1, 0.15) is 0 Å². The molecule has 0 saturated heterocycles. The molecule has 0 fully saturated rings. The van der Waals surface area contributed by atoms with Gasteiger partial charge >= 0.3 is 5.95 Å². The third-order valence-electron chi connectivity index (χ3n) is 2.05. The topological polar surface area (TPSA) is 53.8 Å². The van der Waals surface area contributed by atoms with Crippen LogP contribution in [0.25, 0.3) is 5.70 Å². The Kier molecular flexibility index (Phi) is 2.92. The number of methoxy groups -OCH3 is 1. The zero-order valence-corrected chi connectivity index (χ0v) is 9.23. The van der Waals surface area contributed by atoms with Gasteiger partial charge in [0.2, 0.25) is 0 Å². The molecule has 81 valence electrons. The lowest BCUT2D eigenvalue weighted by Gasteiger charge is -1.97. The third-order valence-corrected chi connectivity index (χ3v) is 2.29. The van der Waals surface area contributed by atoms with Gasteiger partial charge in [-0.2, -0.15) is 0 Å². The molecule has 1 aliphatic rings. The van der Waals surface area contributed by atoms with Crippen molar-refractivity contribution >= 4 is 17.3 Å². The van der Waals surface area contributed by atoms with E-state index in [1.54, 1.807) is 18.2 Å². The molecule has 0 aromatic heterocycles. The summed E-state index contributed by atoms with van der Waals surface area (Å²) >= 11 is 5.85. The van der Waals surface area contributed by atoms with Crippen molar-refractivity contribution < 1.29 is 9.84 Å². The van der Waals surface area contributed by atoms with Crippen LogP contribution in [0, 0.1) is 0 Å². The molecule has 1 aliphatic heterocycles. The van der Waals surface area contributed by atoms with Crippen LogP contribution in [0.4, 0.5) is 0 Å². The van der Waals surface area contributed by atoms with E-state index < -0.39 is 5.95 Å². The van der Waals surface area contributed by atoms with E-state index in [4.69, 9.17) is 11.6 Å². The maximum absolute atomic E-state index is 11.2. The number of benzene rings is 1. The summed E-state index contributed by atoms with van der Waals surface area (Å²) < 4.78 is 4.54. The van der Waals surface area contributed by atoms with Crippen LogP contribution in [-0.4, -0.2) is 7.11 Å². The van der Waals surface area contributed by atoms with Gasteiger partial charge in [0.05, 0.1) is 12.8 Å². The van der Waals surface area contributed by atoms with E-state index in [1.807, 2.05) is 12.1 Å². The summed E-state index contributed by atoms with van der Waals surface area (Å²) in [5, 5.41) is 19.4. The maximum atomic E-state index is 11.2. The minimum Gasteiger partial charge on any atom is -0.464 e. The average molecular weight is 236 g/mol. The van der Waals surface area contributed by atoms with Crippen LogP contribution in [0.2, 0.25) is 5.02 Å². The highest BCUT2D eigenvalue weighted by molar-refractivity contribution is 6.30. The number of nitrogens with zero attached hydrogens (tertiary/aromatic N) is 2. The van der Waals surface area contributed by atoms with Gasteiger partial charge in [-0.15, -0.1) is 10.2 Å². The molecule has 0 bridgehead atoms. The first-order valence-corrected chi connectivity index (χ1v) is 4.93. The smallest absolute Gasteiger partial charge is 0.358 e. The predicted molar refractivity (Wildman–Crippen MR) is 59.0 cm³/mol. The molecule has 4 nitrogen and oxygen atoms in total. The Bertz CT molecular complexity index is 506. The van der Waals surface area contributed by atoms with E-state index in [0.717, 1.165) is 5.56 Å². The first-order chi connectivity index (χ1) is 7.70. The van der Waals surface area contributed by atoms with Crippen molar-refractivity contribution in [2.75, 3.05) is 7.11 Å². The minimum atomic E-state index is -0.499. The standard InChI is InChI=1S/C11H8ClN2O2/c1-16-11(15)10-6-9(13-14-10)7-3-2-4-8(12)5-7/h2-6H,1H3. The van der Waals surface area contributed by atoms with Crippen LogP contribution in [0.15, 0.2) is 52.2 Å². The molecule has 1 heterocycles. The molecule has 0 saturated carbocycles. The Morgan fingerprint density at radius 3 is 2.88 bits per heavy atom. The van der Waals surface area contributed by atoms with Crippen molar-refractivity contribution in [2.45, 2.75) is 0 Å². The molecule has 1 aromatic rings. The number of hydrogen-bond donors (Lipinski definition) is 0. The first-order valence-electron chi connectivity index (χ1n) is 4.55. The number of ether oxygens (including phenoxy) is 1. The highest BCUT2D eigenvalue weighted by Gasteiger charge is 2.14. The van der Waals surface area contributed by atoms with E-state index in [9.17, 15) is 5.11 Å². The Labute approximate surface area is 97.5 Å². The summed E-state index contributed by atoms with van der Waals surface area (Å²) in [4.78, 5) is 0. The monoisotopic (exact) mass is 235 g/mol. The molecule has 0 amide bonds. The van der Waals surface area contributed by atoms with E-state index >= 15 is 0 Å². The van der Waals surface area contributed by atoms with E-state index in [0.29, 0.717) is 10.7 Å². The quantitative estimate of drug-likeness (QED) is 0.725. The van der Waals surface area contributed by atoms with Gasteiger partial charge in [-0.1, -0.05) is 23.7 Å². The Hall–Kier alpha value is -1.81. The Morgan fingerprint density at radius 2 is 2.19 bits per heavy atom. The van der Waals surface area contributed by atoms with Gasteiger partial charge in [0.15, 0.2) is 5.70 Å². The normalized spacial score (nSPS) is 17.2. The maximum Gasteiger partial charge on any atom is 0.358 e. The van der Waals surface area contributed by atoms with Crippen LogP contribution in [0.1, 0.15) is 5.56 Å². The van der Waals surface area contributed by atoms with E-state index in [2.05, 4.69) is 15.0 Å². The third kappa shape index (κ3) is 2.06. The average Bonchev–Trinajstić information content (AvgIpc) is 2.77. The lowest BCUT2D eigenvalue weighted by molar-refractivity contribution is 0.0826. The molecular weight excluding hydrogens is 228 g/mol. The number of azo groups is 1. The van der Waals surface area contributed by atoms with Crippen LogP contribution in [0.5, 0.6) is 0 Å². The first kappa shape index (κ1) is 10.7. The molecule has 0 atom stereocenters.